The highest BCUT2D eigenvalue weighted by Crippen LogP contribution is 2.32. The van der Waals surface area contributed by atoms with Crippen LogP contribution in [0.5, 0.6) is 0 Å². The lowest BCUT2D eigenvalue weighted by atomic mass is 9.82. The Morgan fingerprint density at radius 3 is 2.68 bits per heavy atom. The summed E-state index contributed by atoms with van der Waals surface area (Å²) in [6, 6.07) is 10.9. The number of hydrogen-bond donors (Lipinski definition) is 1. The highest BCUT2D eigenvalue weighted by Gasteiger charge is 2.28. The highest BCUT2D eigenvalue weighted by atomic mass is 127. The van der Waals surface area contributed by atoms with Crippen LogP contribution in [0.3, 0.4) is 0 Å². The number of hydrogen-bond acceptors (Lipinski definition) is 3. The van der Waals surface area contributed by atoms with E-state index >= 15 is 0 Å². The third-order valence-electron chi connectivity index (χ3n) is 4.85. The van der Waals surface area contributed by atoms with Crippen molar-refractivity contribution in [3.05, 3.63) is 48.0 Å². The van der Waals surface area contributed by atoms with Gasteiger partial charge in [0.1, 0.15) is 6.33 Å². The van der Waals surface area contributed by atoms with Crippen LogP contribution in [0, 0.1) is 5.92 Å². The van der Waals surface area contributed by atoms with Crippen LogP contribution in [0.1, 0.15) is 30.7 Å². The lowest BCUT2D eigenvalue weighted by Gasteiger charge is -2.38. The zero-order chi connectivity index (χ0) is 16.9. The maximum absolute atomic E-state index is 4.45. The summed E-state index contributed by atoms with van der Waals surface area (Å²) in [6.45, 7) is 5.00. The van der Waals surface area contributed by atoms with E-state index in [4.69, 9.17) is 0 Å². The molecular formula is C18H27IN6. The van der Waals surface area contributed by atoms with E-state index in [-0.39, 0.29) is 24.0 Å². The summed E-state index contributed by atoms with van der Waals surface area (Å²) in [5.74, 6) is 3.06. The van der Waals surface area contributed by atoms with E-state index in [0.717, 1.165) is 31.3 Å². The molecular weight excluding hydrogens is 427 g/mol. The predicted molar refractivity (Wildman–Crippen MR) is 111 cm³/mol. The van der Waals surface area contributed by atoms with Crippen LogP contribution in [0.2, 0.25) is 0 Å². The van der Waals surface area contributed by atoms with Gasteiger partial charge in [0.05, 0.1) is 6.54 Å². The fourth-order valence-corrected chi connectivity index (χ4v) is 3.49. The van der Waals surface area contributed by atoms with Crippen LogP contribution in [0.4, 0.5) is 0 Å². The number of halogens is 1. The van der Waals surface area contributed by atoms with Gasteiger partial charge in [-0.25, -0.2) is 0 Å². The highest BCUT2D eigenvalue weighted by molar-refractivity contribution is 14.0. The molecule has 2 unspecified atom stereocenters. The van der Waals surface area contributed by atoms with Gasteiger partial charge < -0.3 is 14.8 Å². The number of likely N-dealkylation sites (tertiary alicyclic amines) is 1. The smallest absolute Gasteiger partial charge is 0.194 e. The molecule has 0 aliphatic carbocycles. The van der Waals surface area contributed by atoms with Gasteiger partial charge in [0.15, 0.2) is 11.8 Å². The van der Waals surface area contributed by atoms with Crippen LogP contribution in [-0.4, -0.2) is 45.8 Å². The summed E-state index contributed by atoms with van der Waals surface area (Å²) in [7, 11) is 3.79. The van der Waals surface area contributed by atoms with Crippen molar-refractivity contribution < 1.29 is 0 Å². The second-order valence-corrected chi connectivity index (χ2v) is 6.49. The van der Waals surface area contributed by atoms with Crippen LogP contribution in [0.15, 0.2) is 41.7 Å². The molecule has 0 amide bonds. The minimum absolute atomic E-state index is 0. The topological polar surface area (TPSA) is 58.3 Å². The summed E-state index contributed by atoms with van der Waals surface area (Å²) in [5, 5.41) is 11.4. The normalized spacial score (nSPS) is 20.9. The monoisotopic (exact) mass is 454 g/mol. The molecule has 1 N–H and O–H groups in total. The van der Waals surface area contributed by atoms with Crippen molar-refractivity contribution in [2.45, 2.75) is 25.8 Å². The molecule has 2 atom stereocenters. The van der Waals surface area contributed by atoms with Crippen molar-refractivity contribution >= 4 is 29.9 Å². The van der Waals surface area contributed by atoms with Gasteiger partial charge in [0.25, 0.3) is 0 Å². The van der Waals surface area contributed by atoms with Crippen molar-refractivity contribution in [1.29, 1.82) is 0 Å². The third kappa shape index (κ3) is 4.71. The maximum atomic E-state index is 4.45. The third-order valence-corrected chi connectivity index (χ3v) is 4.85. The van der Waals surface area contributed by atoms with Gasteiger partial charge in [0, 0.05) is 27.2 Å². The standard InChI is InChI=1S/C18H26N6.HI/c1-14-12-24(10-9-16(14)15-7-5-4-6-8-15)18(19-2)20-11-17-22-21-13-23(17)3;/h4-8,13-14,16H,9-12H2,1-3H3,(H,19,20);1H. The van der Waals surface area contributed by atoms with Crippen LogP contribution in [0.25, 0.3) is 0 Å². The Morgan fingerprint density at radius 2 is 2.08 bits per heavy atom. The molecule has 3 rings (SSSR count). The summed E-state index contributed by atoms with van der Waals surface area (Å²) < 4.78 is 1.92. The van der Waals surface area contributed by atoms with Gasteiger partial charge in [-0.3, -0.25) is 4.99 Å². The van der Waals surface area contributed by atoms with Gasteiger partial charge in [-0.15, -0.1) is 34.2 Å². The van der Waals surface area contributed by atoms with Crippen molar-refractivity contribution in [1.82, 2.24) is 25.0 Å². The van der Waals surface area contributed by atoms with Gasteiger partial charge in [-0.2, -0.15) is 0 Å². The van der Waals surface area contributed by atoms with E-state index in [0.29, 0.717) is 18.4 Å². The average Bonchev–Trinajstić information content (AvgIpc) is 3.01. The molecule has 0 bridgehead atoms. The summed E-state index contributed by atoms with van der Waals surface area (Å²) in [5.41, 5.74) is 1.45. The van der Waals surface area contributed by atoms with Gasteiger partial charge in [-0.05, 0) is 23.8 Å². The number of benzene rings is 1. The van der Waals surface area contributed by atoms with E-state index in [2.05, 4.69) is 62.7 Å². The first-order valence-electron chi connectivity index (χ1n) is 8.52. The molecule has 25 heavy (non-hydrogen) atoms. The van der Waals surface area contributed by atoms with Gasteiger partial charge in [-0.1, -0.05) is 37.3 Å². The molecule has 1 aromatic heterocycles. The fraction of sp³-hybridized carbons (Fsp3) is 0.500. The van der Waals surface area contributed by atoms with Gasteiger partial charge >= 0.3 is 0 Å². The summed E-state index contributed by atoms with van der Waals surface area (Å²) in [6.07, 6.45) is 2.86. The molecule has 0 spiro atoms. The maximum Gasteiger partial charge on any atom is 0.194 e. The molecule has 136 valence electrons. The molecule has 0 radical (unpaired) electrons. The van der Waals surface area contributed by atoms with Crippen molar-refractivity contribution in [3.8, 4) is 0 Å². The molecule has 1 saturated heterocycles. The molecule has 1 aromatic carbocycles. The summed E-state index contributed by atoms with van der Waals surface area (Å²) in [4.78, 5) is 6.79. The molecule has 1 aliphatic heterocycles. The quantitative estimate of drug-likeness (QED) is 0.440. The Kier molecular flexibility index (Phi) is 7.22. The predicted octanol–water partition coefficient (Wildman–Crippen LogP) is 2.63. The number of piperidine rings is 1. The van der Waals surface area contributed by atoms with E-state index in [1.807, 2.05) is 18.7 Å². The first-order valence-corrected chi connectivity index (χ1v) is 8.52. The number of rotatable bonds is 3. The molecule has 1 fully saturated rings. The number of aryl methyl sites for hydroxylation is 1. The number of aromatic nitrogens is 3. The average molecular weight is 454 g/mol. The van der Waals surface area contributed by atoms with E-state index in [1.165, 1.54) is 5.56 Å². The summed E-state index contributed by atoms with van der Waals surface area (Å²) >= 11 is 0. The van der Waals surface area contributed by atoms with Crippen molar-refractivity contribution in [2.75, 3.05) is 20.1 Å². The first-order chi connectivity index (χ1) is 11.7. The lowest BCUT2D eigenvalue weighted by Crippen LogP contribution is -2.47. The number of aliphatic imine (C=N–C) groups is 1. The van der Waals surface area contributed by atoms with Crippen LogP contribution in [-0.2, 0) is 13.6 Å². The van der Waals surface area contributed by atoms with Crippen molar-refractivity contribution in [2.24, 2.45) is 18.0 Å². The zero-order valence-electron chi connectivity index (χ0n) is 15.1. The largest absolute Gasteiger partial charge is 0.349 e. The minimum atomic E-state index is 0. The number of nitrogens with one attached hydrogen (secondary N) is 1. The van der Waals surface area contributed by atoms with Crippen LogP contribution < -0.4 is 5.32 Å². The number of guanidine groups is 1. The van der Waals surface area contributed by atoms with E-state index < -0.39 is 0 Å². The molecule has 2 aromatic rings. The van der Waals surface area contributed by atoms with Crippen molar-refractivity contribution in [3.63, 3.8) is 0 Å². The second-order valence-electron chi connectivity index (χ2n) is 6.49. The Hall–Kier alpha value is -1.64. The van der Waals surface area contributed by atoms with Gasteiger partial charge in [0.2, 0.25) is 0 Å². The minimum Gasteiger partial charge on any atom is -0.349 e. The Morgan fingerprint density at radius 1 is 1.32 bits per heavy atom. The lowest BCUT2D eigenvalue weighted by molar-refractivity contribution is 0.234. The molecule has 0 saturated carbocycles. The van der Waals surface area contributed by atoms with E-state index in [9.17, 15) is 0 Å². The Labute approximate surface area is 166 Å². The molecule has 6 nitrogen and oxygen atoms in total. The Balaban J connectivity index is 0.00000225. The second kappa shape index (κ2) is 9.17. The SMILES string of the molecule is CN=C(NCc1nncn1C)N1CCC(c2ccccc2)C(C)C1.I. The molecule has 1 aliphatic rings. The Bertz CT molecular complexity index is 684. The number of nitrogens with zero attached hydrogens (tertiary/aromatic N) is 5. The fourth-order valence-electron chi connectivity index (χ4n) is 3.49. The zero-order valence-corrected chi connectivity index (χ0v) is 17.4. The first kappa shape index (κ1) is 19.7. The molecule has 2 heterocycles. The molecule has 7 heteroatoms. The van der Waals surface area contributed by atoms with Crippen LogP contribution >= 0.6 is 24.0 Å². The van der Waals surface area contributed by atoms with E-state index in [1.54, 1.807) is 6.33 Å².